The lowest BCUT2D eigenvalue weighted by atomic mass is 10.0. The maximum Gasteiger partial charge on any atom is 0.129 e. The third kappa shape index (κ3) is 1.53. The highest BCUT2D eigenvalue weighted by atomic mass is 15.0. The first-order valence-corrected chi connectivity index (χ1v) is 5.04. The Hall–Kier alpha value is -1.05. The number of fused-ring (bicyclic) bond motifs is 1. The molecule has 1 aliphatic rings. The summed E-state index contributed by atoms with van der Waals surface area (Å²) in [5.41, 5.74) is 3.96. The smallest absolute Gasteiger partial charge is 0.129 e. The van der Waals surface area contributed by atoms with Crippen LogP contribution >= 0.6 is 0 Å². The molecule has 0 saturated heterocycles. The van der Waals surface area contributed by atoms with Crippen molar-refractivity contribution in [3.05, 3.63) is 22.9 Å². The maximum atomic E-state index is 4.62. The van der Waals surface area contributed by atoms with Crippen molar-refractivity contribution in [1.29, 1.82) is 0 Å². The van der Waals surface area contributed by atoms with Gasteiger partial charge in [0, 0.05) is 12.2 Å². The van der Waals surface area contributed by atoms with Crippen LogP contribution < -0.4 is 5.32 Å². The van der Waals surface area contributed by atoms with E-state index in [0.29, 0.717) is 0 Å². The average Bonchev–Trinajstić information content (AvgIpc) is 2.17. The summed E-state index contributed by atoms with van der Waals surface area (Å²) in [6.45, 7) is 5.39. The fourth-order valence-corrected chi connectivity index (χ4v) is 1.90. The first kappa shape index (κ1) is 8.54. The number of nitrogens with one attached hydrogen (secondary N) is 1. The molecule has 70 valence electrons. The molecular formula is C11H16N2. The molecule has 0 radical (unpaired) electrons. The Morgan fingerprint density at radius 1 is 1.54 bits per heavy atom. The number of pyridine rings is 1. The van der Waals surface area contributed by atoms with Gasteiger partial charge < -0.3 is 5.32 Å². The number of aryl methyl sites for hydroxylation is 3. The third-order valence-corrected chi connectivity index (χ3v) is 2.65. The van der Waals surface area contributed by atoms with Gasteiger partial charge in [-0.1, -0.05) is 13.0 Å². The van der Waals surface area contributed by atoms with Crippen LogP contribution in [0.3, 0.4) is 0 Å². The van der Waals surface area contributed by atoms with Crippen molar-refractivity contribution in [3.63, 3.8) is 0 Å². The molecule has 1 aromatic heterocycles. The highest BCUT2D eigenvalue weighted by molar-refractivity contribution is 5.49. The maximum absolute atomic E-state index is 4.62. The summed E-state index contributed by atoms with van der Waals surface area (Å²) in [4.78, 5) is 4.62. The summed E-state index contributed by atoms with van der Waals surface area (Å²) in [5, 5.41) is 3.35. The van der Waals surface area contributed by atoms with Crippen LogP contribution in [0.4, 0.5) is 5.82 Å². The molecule has 2 rings (SSSR count). The highest BCUT2D eigenvalue weighted by Gasteiger charge is 2.11. The second kappa shape index (κ2) is 3.36. The van der Waals surface area contributed by atoms with Crippen molar-refractivity contribution in [3.8, 4) is 0 Å². The molecule has 13 heavy (non-hydrogen) atoms. The Morgan fingerprint density at radius 2 is 2.38 bits per heavy atom. The summed E-state index contributed by atoms with van der Waals surface area (Å²) in [5.74, 6) is 1.12. The minimum absolute atomic E-state index is 1.03. The molecule has 0 fully saturated rings. The molecule has 0 aromatic carbocycles. The molecule has 1 N–H and O–H groups in total. The average molecular weight is 176 g/mol. The van der Waals surface area contributed by atoms with Crippen LogP contribution in [-0.2, 0) is 12.8 Å². The third-order valence-electron chi connectivity index (χ3n) is 2.65. The predicted octanol–water partition coefficient (Wildman–Crippen LogP) is 2.31. The van der Waals surface area contributed by atoms with Gasteiger partial charge in [-0.3, -0.25) is 0 Å². The Morgan fingerprint density at radius 3 is 3.15 bits per heavy atom. The molecule has 0 amide bonds. The van der Waals surface area contributed by atoms with Crippen molar-refractivity contribution in [2.45, 2.75) is 33.1 Å². The van der Waals surface area contributed by atoms with Gasteiger partial charge in [-0.15, -0.1) is 0 Å². The van der Waals surface area contributed by atoms with Crippen LogP contribution in [0.1, 0.15) is 30.2 Å². The normalized spacial score (nSPS) is 14.9. The number of aromatic nitrogens is 1. The fraction of sp³-hybridized carbons (Fsp3) is 0.545. The predicted molar refractivity (Wildman–Crippen MR) is 55.2 cm³/mol. The summed E-state index contributed by atoms with van der Waals surface area (Å²) < 4.78 is 0. The lowest BCUT2D eigenvalue weighted by Crippen LogP contribution is -2.14. The molecule has 0 saturated carbocycles. The fourth-order valence-electron chi connectivity index (χ4n) is 1.90. The minimum Gasteiger partial charge on any atom is -0.370 e. The minimum atomic E-state index is 1.03. The monoisotopic (exact) mass is 176 g/mol. The highest BCUT2D eigenvalue weighted by Crippen LogP contribution is 2.22. The Bertz CT molecular complexity index is 318. The number of nitrogens with zero attached hydrogens (tertiary/aromatic N) is 1. The number of anilines is 1. The van der Waals surface area contributed by atoms with Gasteiger partial charge in [0.2, 0.25) is 0 Å². The number of hydrogen-bond donors (Lipinski definition) is 1. The lowest BCUT2D eigenvalue weighted by Gasteiger charge is -2.18. The zero-order valence-electron chi connectivity index (χ0n) is 8.35. The molecule has 2 heterocycles. The van der Waals surface area contributed by atoms with Gasteiger partial charge in [0.25, 0.3) is 0 Å². The van der Waals surface area contributed by atoms with Crippen LogP contribution in [-0.4, -0.2) is 11.5 Å². The van der Waals surface area contributed by atoms with Crippen molar-refractivity contribution in [2.75, 3.05) is 11.9 Å². The van der Waals surface area contributed by atoms with Crippen molar-refractivity contribution in [1.82, 2.24) is 4.98 Å². The zero-order chi connectivity index (χ0) is 9.26. The van der Waals surface area contributed by atoms with E-state index in [9.17, 15) is 0 Å². The molecule has 2 heteroatoms. The van der Waals surface area contributed by atoms with Gasteiger partial charge in [0.05, 0.1) is 0 Å². The SMILES string of the molecule is CCc1nc2c(cc1C)CCCN2. The Labute approximate surface area is 79.4 Å². The molecule has 0 bridgehead atoms. The van der Waals surface area contributed by atoms with Gasteiger partial charge >= 0.3 is 0 Å². The van der Waals surface area contributed by atoms with E-state index in [0.717, 1.165) is 18.8 Å². The largest absolute Gasteiger partial charge is 0.370 e. The van der Waals surface area contributed by atoms with Crippen LogP contribution in [0.25, 0.3) is 0 Å². The van der Waals surface area contributed by atoms with Crippen LogP contribution in [0.5, 0.6) is 0 Å². The first-order valence-electron chi connectivity index (χ1n) is 5.04. The lowest BCUT2D eigenvalue weighted by molar-refractivity contribution is 0.808. The van der Waals surface area contributed by atoms with Gasteiger partial charge in [-0.05, 0) is 37.3 Å². The van der Waals surface area contributed by atoms with E-state index in [1.165, 1.54) is 29.7 Å². The van der Waals surface area contributed by atoms with E-state index in [1.807, 2.05) is 0 Å². The van der Waals surface area contributed by atoms with Crippen LogP contribution in [0.2, 0.25) is 0 Å². The topological polar surface area (TPSA) is 24.9 Å². The second-order valence-corrected chi connectivity index (χ2v) is 3.64. The van der Waals surface area contributed by atoms with E-state index >= 15 is 0 Å². The van der Waals surface area contributed by atoms with Crippen molar-refractivity contribution < 1.29 is 0 Å². The van der Waals surface area contributed by atoms with E-state index in [-0.39, 0.29) is 0 Å². The summed E-state index contributed by atoms with van der Waals surface area (Å²) in [6.07, 6.45) is 3.44. The van der Waals surface area contributed by atoms with Crippen LogP contribution in [0.15, 0.2) is 6.07 Å². The Balaban J connectivity index is 2.44. The molecule has 0 atom stereocenters. The standard InChI is InChI=1S/C11H16N2/c1-3-10-8(2)7-9-5-4-6-12-11(9)13-10/h7H,3-6H2,1-2H3,(H,12,13). The molecule has 2 nitrogen and oxygen atoms in total. The second-order valence-electron chi connectivity index (χ2n) is 3.64. The van der Waals surface area contributed by atoms with Gasteiger partial charge in [0.15, 0.2) is 0 Å². The molecular weight excluding hydrogens is 160 g/mol. The Kier molecular flexibility index (Phi) is 2.21. The van der Waals surface area contributed by atoms with E-state index in [4.69, 9.17) is 0 Å². The summed E-state index contributed by atoms with van der Waals surface area (Å²) in [7, 11) is 0. The van der Waals surface area contributed by atoms with Gasteiger partial charge in [-0.2, -0.15) is 0 Å². The molecule has 1 aliphatic heterocycles. The molecule has 1 aromatic rings. The number of rotatable bonds is 1. The zero-order valence-corrected chi connectivity index (χ0v) is 8.35. The number of hydrogen-bond acceptors (Lipinski definition) is 2. The van der Waals surface area contributed by atoms with Crippen LogP contribution in [0, 0.1) is 6.92 Å². The molecule has 0 unspecified atom stereocenters. The molecule has 0 aliphatic carbocycles. The summed E-state index contributed by atoms with van der Waals surface area (Å²) >= 11 is 0. The summed E-state index contributed by atoms with van der Waals surface area (Å²) in [6, 6.07) is 2.29. The van der Waals surface area contributed by atoms with E-state index < -0.39 is 0 Å². The van der Waals surface area contributed by atoms with E-state index in [2.05, 4.69) is 30.2 Å². The quantitative estimate of drug-likeness (QED) is 0.710. The van der Waals surface area contributed by atoms with Gasteiger partial charge in [0.1, 0.15) is 5.82 Å². The van der Waals surface area contributed by atoms with Crippen molar-refractivity contribution in [2.24, 2.45) is 0 Å². The first-order chi connectivity index (χ1) is 6.31. The van der Waals surface area contributed by atoms with Crippen molar-refractivity contribution >= 4 is 5.82 Å². The van der Waals surface area contributed by atoms with Gasteiger partial charge in [-0.25, -0.2) is 4.98 Å². The molecule has 0 spiro atoms. The van der Waals surface area contributed by atoms with E-state index in [1.54, 1.807) is 0 Å².